The van der Waals surface area contributed by atoms with Crippen molar-refractivity contribution in [1.82, 2.24) is 4.31 Å². The molecule has 124 valence electrons. The molecule has 5 heteroatoms. The minimum Gasteiger partial charge on any atom is -0.385 e. The molecule has 1 aliphatic rings. The minimum absolute atomic E-state index is 0.150. The average molecular weight is 324 g/mol. The van der Waals surface area contributed by atoms with Crippen molar-refractivity contribution < 1.29 is 8.42 Å². The Bertz CT molecular complexity index is 567. The highest BCUT2D eigenvalue weighted by atomic mass is 32.2. The number of piperidine rings is 1. The van der Waals surface area contributed by atoms with Crippen LogP contribution in [-0.4, -0.2) is 31.9 Å². The topological polar surface area (TPSA) is 49.4 Å². The molecule has 0 aliphatic carbocycles. The van der Waals surface area contributed by atoms with E-state index in [9.17, 15) is 8.42 Å². The summed E-state index contributed by atoms with van der Waals surface area (Å²) >= 11 is 0. The lowest BCUT2D eigenvalue weighted by atomic mass is 10.0. The van der Waals surface area contributed by atoms with Crippen LogP contribution >= 0.6 is 0 Å². The van der Waals surface area contributed by atoms with Crippen molar-refractivity contribution in [2.45, 2.75) is 57.4 Å². The second kappa shape index (κ2) is 7.47. The summed E-state index contributed by atoms with van der Waals surface area (Å²) < 4.78 is 27.4. The molecule has 0 amide bonds. The monoisotopic (exact) mass is 324 g/mol. The summed E-state index contributed by atoms with van der Waals surface area (Å²) in [5, 5.41) is 3.31. The van der Waals surface area contributed by atoms with Gasteiger partial charge in [0.05, 0.1) is 4.90 Å². The number of benzene rings is 1. The van der Waals surface area contributed by atoms with Crippen molar-refractivity contribution in [2.24, 2.45) is 5.92 Å². The lowest BCUT2D eigenvalue weighted by Crippen LogP contribution is -2.43. The van der Waals surface area contributed by atoms with Gasteiger partial charge in [-0.2, -0.15) is 4.31 Å². The van der Waals surface area contributed by atoms with E-state index in [0.29, 0.717) is 17.4 Å². The Balaban J connectivity index is 2.15. The third-order valence-corrected chi connectivity index (χ3v) is 6.19. The van der Waals surface area contributed by atoms with Gasteiger partial charge in [0.25, 0.3) is 0 Å². The lowest BCUT2D eigenvalue weighted by molar-refractivity contribution is 0.246. The first-order valence-corrected chi connectivity index (χ1v) is 9.75. The lowest BCUT2D eigenvalue weighted by Gasteiger charge is -2.34. The van der Waals surface area contributed by atoms with Gasteiger partial charge in [0.15, 0.2) is 0 Å². The van der Waals surface area contributed by atoms with Crippen molar-refractivity contribution >= 4 is 15.7 Å². The number of hydrogen-bond donors (Lipinski definition) is 1. The first kappa shape index (κ1) is 17.3. The predicted molar refractivity (Wildman–Crippen MR) is 91.6 cm³/mol. The van der Waals surface area contributed by atoms with Gasteiger partial charge in [-0.25, -0.2) is 8.42 Å². The molecule has 1 atom stereocenters. The molecule has 22 heavy (non-hydrogen) atoms. The van der Waals surface area contributed by atoms with Gasteiger partial charge in [0, 0.05) is 24.8 Å². The second-order valence-corrected chi connectivity index (χ2v) is 8.36. The van der Waals surface area contributed by atoms with Crippen LogP contribution in [0.5, 0.6) is 0 Å². The van der Waals surface area contributed by atoms with E-state index in [2.05, 4.69) is 26.1 Å². The Morgan fingerprint density at radius 1 is 1.23 bits per heavy atom. The van der Waals surface area contributed by atoms with Crippen LogP contribution in [-0.2, 0) is 10.0 Å². The van der Waals surface area contributed by atoms with Crippen LogP contribution in [0.1, 0.15) is 46.5 Å². The van der Waals surface area contributed by atoms with Gasteiger partial charge in [0.1, 0.15) is 0 Å². The first-order valence-electron chi connectivity index (χ1n) is 8.31. The summed E-state index contributed by atoms with van der Waals surface area (Å²) in [5.41, 5.74) is 0.971. The molecule has 1 saturated heterocycles. The third kappa shape index (κ3) is 4.02. The Morgan fingerprint density at radius 2 is 1.91 bits per heavy atom. The molecule has 1 N–H and O–H groups in total. The molecule has 0 saturated carbocycles. The van der Waals surface area contributed by atoms with Crippen molar-refractivity contribution in [3.63, 3.8) is 0 Å². The van der Waals surface area contributed by atoms with E-state index in [1.54, 1.807) is 16.4 Å². The molecular formula is C17H28N2O2S. The van der Waals surface area contributed by atoms with E-state index in [0.717, 1.165) is 37.9 Å². The minimum atomic E-state index is -3.37. The molecule has 0 bridgehead atoms. The van der Waals surface area contributed by atoms with Crippen LogP contribution < -0.4 is 5.32 Å². The highest BCUT2D eigenvalue weighted by Gasteiger charge is 2.32. The summed E-state index contributed by atoms with van der Waals surface area (Å²) in [6.45, 7) is 7.89. The van der Waals surface area contributed by atoms with Crippen LogP contribution in [0.3, 0.4) is 0 Å². The van der Waals surface area contributed by atoms with Crippen LogP contribution in [0, 0.1) is 5.92 Å². The fourth-order valence-electron chi connectivity index (χ4n) is 2.90. The largest absolute Gasteiger partial charge is 0.385 e. The van der Waals surface area contributed by atoms with Gasteiger partial charge in [-0.05, 0) is 49.4 Å². The smallest absolute Gasteiger partial charge is 0.243 e. The molecule has 1 aromatic carbocycles. The van der Waals surface area contributed by atoms with Gasteiger partial charge in [-0.1, -0.05) is 27.2 Å². The normalized spacial score (nSPS) is 20.3. The average Bonchev–Trinajstić information content (AvgIpc) is 2.53. The van der Waals surface area contributed by atoms with Crippen LogP contribution in [0.4, 0.5) is 5.69 Å². The molecular weight excluding hydrogens is 296 g/mol. The molecule has 0 radical (unpaired) electrons. The highest BCUT2D eigenvalue weighted by molar-refractivity contribution is 7.89. The standard InChI is InChI=1S/C17H28N2O2S/c1-4-16-7-5-6-12-19(16)22(20,21)17-10-8-15(9-11-17)18-13-14(2)3/h8-11,14,16,18H,4-7,12-13H2,1-3H3. The van der Waals surface area contributed by atoms with Crippen molar-refractivity contribution in [2.75, 3.05) is 18.4 Å². The maximum Gasteiger partial charge on any atom is 0.243 e. The quantitative estimate of drug-likeness (QED) is 0.868. The zero-order valence-electron chi connectivity index (χ0n) is 13.9. The molecule has 1 heterocycles. The number of nitrogens with zero attached hydrogens (tertiary/aromatic N) is 1. The predicted octanol–water partition coefficient (Wildman–Crippen LogP) is 3.71. The van der Waals surface area contributed by atoms with Gasteiger partial charge >= 0.3 is 0 Å². The zero-order chi connectivity index (χ0) is 16.2. The number of anilines is 1. The number of hydrogen-bond acceptors (Lipinski definition) is 3. The van der Waals surface area contributed by atoms with E-state index in [1.165, 1.54) is 0 Å². The second-order valence-electron chi connectivity index (χ2n) is 6.47. The molecule has 1 fully saturated rings. The van der Waals surface area contributed by atoms with Crippen LogP contribution in [0.25, 0.3) is 0 Å². The van der Waals surface area contributed by atoms with Crippen molar-refractivity contribution in [3.8, 4) is 0 Å². The van der Waals surface area contributed by atoms with E-state index in [1.807, 2.05) is 12.1 Å². The van der Waals surface area contributed by atoms with E-state index < -0.39 is 10.0 Å². The summed E-state index contributed by atoms with van der Waals surface area (Å²) in [6, 6.07) is 7.32. The third-order valence-electron chi connectivity index (χ3n) is 4.22. The van der Waals surface area contributed by atoms with E-state index >= 15 is 0 Å². The van der Waals surface area contributed by atoms with Gasteiger partial charge < -0.3 is 5.32 Å². The van der Waals surface area contributed by atoms with Crippen LogP contribution in [0.15, 0.2) is 29.2 Å². The van der Waals surface area contributed by atoms with E-state index in [4.69, 9.17) is 0 Å². The molecule has 0 aromatic heterocycles. The molecule has 1 unspecified atom stereocenters. The van der Waals surface area contributed by atoms with Crippen molar-refractivity contribution in [1.29, 1.82) is 0 Å². The van der Waals surface area contributed by atoms with Gasteiger partial charge in [-0.3, -0.25) is 0 Å². The molecule has 1 aromatic rings. The Morgan fingerprint density at radius 3 is 2.50 bits per heavy atom. The fraction of sp³-hybridized carbons (Fsp3) is 0.647. The molecule has 0 spiro atoms. The molecule has 2 rings (SSSR count). The Hall–Kier alpha value is -1.07. The van der Waals surface area contributed by atoms with E-state index in [-0.39, 0.29) is 6.04 Å². The van der Waals surface area contributed by atoms with Gasteiger partial charge in [0.2, 0.25) is 10.0 Å². The number of rotatable bonds is 6. The Kier molecular flexibility index (Phi) is 5.87. The maximum atomic E-state index is 12.8. The van der Waals surface area contributed by atoms with Crippen LogP contribution in [0.2, 0.25) is 0 Å². The number of sulfonamides is 1. The summed E-state index contributed by atoms with van der Waals surface area (Å²) in [5.74, 6) is 0.557. The fourth-order valence-corrected chi connectivity index (χ4v) is 4.67. The number of nitrogens with one attached hydrogen (secondary N) is 1. The molecule has 1 aliphatic heterocycles. The summed E-state index contributed by atoms with van der Waals surface area (Å²) in [7, 11) is -3.37. The maximum absolute atomic E-state index is 12.8. The Labute approximate surface area is 135 Å². The summed E-state index contributed by atoms with van der Waals surface area (Å²) in [4.78, 5) is 0.406. The molecule has 4 nitrogen and oxygen atoms in total. The zero-order valence-corrected chi connectivity index (χ0v) is 14.7. The summed E-state index contributed by atoms with van der Waals surface area (Å²) in [6.07, 6.45) is 3.95. The van der Waals surface area contributed by atoms with Crippen molar-refractivity contribution in [3.05, 3.63) is 24.3 Å². The SMILES string of the molecule is CCC1CCCCN1S(=O)(=O)c1ccc(NCC(C)C)cc1. The first-order chi connectivity index (χ1) is 10.4. The highest BCUT2D eigenvalue weighted by Crippen LogP contribution is 2.27. The van der Waals surface area contributed by atoms with Gasteiger partial charge in [-0.15, -0.1) is 0 Å².